The maximum Gasteiger partial charge on any atom is 0.258 e. The van der Waals surface area contributed by atoms with Gasteiger partial charge in [0.05, 0.1) is 4.90 Å². The molecule has 5 nitrogen and oxygen atoms in total. The molecule has 2 aromatic rings. The van der Waals surface area contributed by atoms with Crippen LogP contribution in [0.25, 0.3) is 0 Å². The number of fused-ring (bicyclic) bond motifs is 1. The van der Waals surface area contributed by atoms with Crippen molar-refractivity contribution in [2.75, 3.05) is 17.7 Å². The highest BCUT2D eigenvalue weighted by Crippen LogP contribution is 2.39. The molecule has 2 heterocycles. The first-order valence-corrected chi connectivity index (χ1v) is 10.4. The predicted molar refractivity (Wildman–Crippen MR) is 95.8 cm³/mol. The van der Waals surface area contributed by atoms with Crippen molar-refractivity contribution < 1.29 is 13.2 Å². The van der Waals surface area contributed by atoms with Gasteiger partial charge in [0.25, 0.3) is 5.91 Å². The van der Waals surface area contributed by atoms with E-state index in [0.717, 1.165) is 42.6 Å². The summed E-state index contributed by atoms with van der Waals surface area (Å²) in [6.45, 7) is 0.644. The summed E-state index contributed by atoms with van der Waals surface area (Å²) in [6.07, 6.45) is 6.81. The third-order valence-corrected chi connectivity index (χ3v) is 5.98. The Hall–Kier alpha value is -2.21. The first-order valence-electron chi connectivity index (χ1n) is 8.54. The van der Waals surface area contributed by atoms with E-state index in [1.54, 1.807) is 35.4 Å². The number of sulfone groups is 1. The van der Waals surface area contributed by atoms with E-state index < -0.39 is 9.84 Å². The Morgan fingerprint density at radius 1 is 1.20 bits per heavy atom. The van der Waals surface area contributed by atoms with E-state index in [4.69, 9.17) is 0 Å². The minimum Gasteiger partial charge on any atom is -0.308 e. The van der Waals surface area contributed by atoms with E-state index in [9.17, 15) is 13.2 Å². The van der Waals surface area contributed by atoms with Crippen LogP contribution in [0.3, 0.4) is 0 Å². The van der Waals surface area contributed by atoms with Crippen molar-refractivity contribution in [3.8, 4) is 0 Å². The van der Waals surface area contributed by atoms with Gasteiger partial charge < -0.3 is 4.90 Å². The minimum atomic E-state index is -3.25. The van der Waals surface area contributed by atoms with Crippen molar-refractivity contribution in [2.24, 2.45) is 0 Å². The molecule has 4 rings (SSSR count). The predicted octanol–water partition coefficient (Wildman–Crippen LogP) is 2.96. The van der Waals surface area contributed by atoms with Gasteiger partial charge in [-0.2, -0.15) is 0 Å². The third kappa shape index (κ3) is 3.18. The fourth-order valence-corrected chi connectivity index (χ4v) is 4.03. The second kappa shape index (κ2) is 5.95. The SMILES string of the molecule is CS(=O)(=O)c1ccc2c(c1)CCCN2C(=O)c1ccnc(C2CC2)c1. The Morgan fingerprint density at radius 2 is 2.00 bits per heavy atom. The summed E-state index contributed by atoms with van der Waals surface area (Å²) >= 11 is 0. The van der Waals surface area contributed by atoms with Crippen LogP contribution >= 0.6 is 0 Å². The number of hydrogen-bond acceptors (Lipinski definition) is 4. The summed E-state index contributed by atoms with van der Waals surface area (Å²) in [6, 6.07) is 8.70. The van der Waals surface area contributed by atoms with Crippen LogP contribution in [0.5, 0.6) is 0 Å². The summed E-state index contributed by atoms with van der Waals surface area (Å²) in [5.74, 6) is 0.455. The fraction of sp³-hybridized carbons (Fsp3) is 0.368. The summed E-state index contributed by atoms with van der Waals surface area (Å²) < 4.78 is 23.6. The van der Waals surface area contributed by atoms with Gasteiger partial charge in [-0.15, -0.1) is 0 Å². The first-order chi connectivity index (χ1) is 11.9. The van der Waals surface area contributed by atoms with Gasteiger partial charge in [0.2, 0.25) is 0 Å². The Kier molecular flexibility index (Phi) is 3.87. The first kappa shape index (κ1) is 16.3. The van der Waals surface area contributed by atoms with Crippen molar-refractivity contribution in [3.05, 3.63) is 53.3 Å². The smallest absolute Gasteiger partial charge is 0.258 e. The molecule has 1 amide bonds. The lowest BCUT2D eigenvalue weighted by molar-refractivity contribution is 0.0985. The molecule has 0 bridgehead atoms. The molecule has 1 saturated carbocycles. The van der Waals surface area contributed by atoms with Crippen molar-refractivity contribution in [1.29, 1.82) is 0 Å². The van der Waals surface area contributed by atoms with E-state index >= 15 is 0 Å². The lowest BCUT2D eigenvalue weighted by Crippen LogP contribution is -2.35. The lowest BCUT2D eigenvalue weighted by atomic mass is 10.0. The molecule has 1 fully saturated rings. The molecule has 0 spiro atoms. The Morgan fingerprint density at radius 3 is 2.72 bits per heavy atom. The van der Waals surface area contributed by atoms with E-state index in [1.165, 1.54) is 6.26 Å². The van der Waals surface area contributed by atoms with Gasteiger partial charge in [-0.3, -0.25) is 9.78 Å². The van der Waals surface area contributed by atoms with E-state index in [-0.39, 0.29) is 5.91 Å². The van der Waals surface area contributed by atoms with E-state index in [0.29, 0.717) is 22.9 Å². The second-order valence-electron chi connectivity index (χ2n) is 6.87. The molecule has 25 heavy (non-hydrogen) atoms. The number of aryl methyl sites for hydroxylation is 1. The van der Waals surface area contributed by atoms with Crippen LogP contribution in [-0.4, -0.2) is 32.1 Å². The molecule has 0 radical (unpaired) electrons. The molecule has 0 atom stereocenters. The van der Waals surface area contributed by atoms with E-state index in [2.05, 4.69) is 4.98 Å². The highest BCUT2D eigenvalue weighted by Gasteiger charge is 2.28. The number of nitrogens with zero attached hydrogens (tertiary/aromatic N) is 2. The van der Waals surface area contributed by atoms with Crippen LogP contribution in [0.4, 0.5) is 5.69 Å². The minimum absolute atomic E-state index is 0.0441. The van der Waals surface area contributed by atoms with Crippen LogP contribution in [0.15, 0.2) is 41.4 Å². The largest absolute Gasteiger partial charge is 0.308 e. The lowest BCUT2D eigenvalue weighted by Gasteiger charge is -2.30. The summed E-state index contributed by atoms with van der Waals surface area (Å²) in [5.41, 5.74) is 3.37. The van der Waals surface area contributed by atoms with Crippen molar-refractivity contribution in [1.82, 2.24) is 4.98 Å². The molecule has 0 N–H and O–H groups in total. The monoisotopic (exact) mass is 356 g/mol. The number of carbonyl (C=O) groups is 1. The van der Waals surface area contributed by atoms with Gasteiger partial charge >= 0.3 is 0 Å². The molecular formula is C19H20N2O3S. The van der Waals surface area contributed by atoms with E-state index in [1.807, 2.05) is 6.07 Å². The Balaban J connectivity index is 1.68. The summed E-state index contributed by atoms with van der Waals surface area (Å²) in [7, 11) is -3.25. The van der Waals surface area contributed by atoms with Crippen LogP contribution in [-0.2, 0) is 16.3 Å². The topological polar surface area (TPSA) is 67.3 Å². The Labute approximate surface area is 147 Å². The molecule has 2 aliphatic rings. The van der Waals surface area contributed by atoms with Gasteiger partial charge in [-0.05, 0) is 61.6 Å². The summed E-state index contributed by atoms with van der Waals surface area (Å²) in [5, 5.41) is 0. The zero-order valence-electron chi connectivity index (χ0n) is 14.1. The molecule has 1 aliphatic carbocycles. The average Bonchev–Trinajstić information content (AvgIpc) is 3.44. The maximum atomic E-state index is 13.0. The molecular weight excluding hydrogens is 336 g/mol. The van der Waals surface area contributed by atoms with Crippen molar-refractivity contribution in [3.63, 3.8) is 0 Å². The highest BCUT2D eigenvalue weighted by molar-refractivity contribution is 7.90. The number of aromatic nitrogens is 1. The average molecular weight is 356 g/mol. The van der Waals surface area contributed by atoms with Gasteiger partial charge in [0.15, 0.2) is 9.84 Å². The highest BCUT2D eigenvalue weighted by atomic mass is 32.2. The zero-order chi connectivity index (χ0) is 17.6. The number of pyridine rings is 1. The molecule has 1 aliphatic heterocycles. The molecule has 0 saturated heterocycles. The Bertz CT molecular complexity index is 949. The normalized spacial score (nSPS) is 17.2. The second-order valence-corrected chi connectivity index (χ2v) is 8.88. The number of rotatable bonds is 3. The van der Waals surface area contributed by atoms with Crippen LogP contribution in [0, 0.1) is 0 Å². The molecule has 6 heteroatoms. The third-order valence-electron chi connectivity index (χ3n) is 4.87. The van der Waals surface area contributed by atoms with Crippen LogP contribution < -0.4 is 4.90 Å². The number of anilines is 1. The molecule has 130 valence electrons. The van der Waals surface area contributed by atoms with Crippen molar-refractivity contribution in [2.45, 2.75) is 36.5 Å². The number of benzene rings is 1. The van der Waals surface area contributed by atoms with Crippen LogP contribution in [0.2, 0.25) is 0 Å². The molecule has 1 aromatic carbocycles. The number of hydrogen-bond donors (Lipinski definition) is 0. The zero-order valence-corrected chi connectivity index (χ0v) is 14.9. The fourth-order valence-electron chi connectivity index (χ4n) is 3.35. The van der Waals surface area contributed by atoms with Crippen molar-refractivity contribution >= 4 is 21.4 Å². The van der Waals surface area contributed by atoms with Gasteiger partial charge in [-0.1, -0.05) is 0 Å². The van der Waals surface area contributed by atoms with Crippen LogP contribution in [0.1, 0.15) is 46.8 Å². The molecule has 0 unspecified atom stereocenters. The standard InChI is InChI=1S/C19H20N2O3S/c1-25(23,24)16-6-7-18-14(11-16)3-2-10-21(18)19(22)15-8-9-20-17(12-15)13-4-5-13/h6-9,11-13H,2-5,10H2,1H3. The summed E-state index contributed by atoms with van der Waals surface area (Å²) in [4.78, 5) is 19.5. The molecule has 1 aromatic heterocycles. The number of amides is 1. The maximum absolute atomic E-state index is 13.0. The van der Waals surface area contributed by atoms with Gasteiger partial charge in [0, 0.05) is 41.9 Å². The number of carbonyl (C=O) groups excluding carboxylic acids is 1. The van der Waals surface area contributed by atoms with Gasteiger partial charge in [-0.25, -0.2) is 8.42 Å². The van der Waals surface area contributed by atoms with Gasteiger partial charge in [0.1, 0.15) is 0 Å². The quantitative estimate of drug-likeness (QED) is 0.848.